The molecule has 2 nitrogen and oxygen atoms in total. The van der Waals surface area contributed by atoms with E-state index in [1.807, 2.05) is 13.8 Å². The van der Waals surface area contributed by atoms with Gasteiger partial charge in [0.2, 0.25) is 0 Å². The van der Waals surface area contributed by atoms with E-state index in [0.29, 0.717) is 11.4 Å². The van der Waals surface area contributed by atoms with E-state index in [-0.39, 0.29) is 0 Å². The Balaban J connectivity index is 2.41. The van der Waals surface area contributed by atoms with Gasteiger partial charge in [-0.25, -0.2) is 0 Å². The summed E-state index contributed by atoms with van der Waals surface area (Å²) in [5.74, 6) is 0. The van der Waals surface area contributed by atoms with Crippen LogP contribution in [-0.2, 0) is 0 Å². The number of aromatic nitrogens is 1. The molecule has 0 N–H and O–H groups in total. The zero-order valence-corrected chi connectivity index (χ0v) is 22.5. The maximum Gasteiger partial charge on any atom is 0.677 e. The predicted molar refractivity (Wildman–Crippen MR) is 139 cm³/mol. The molecule has 1 aliphatic rings. The van der Waals surface area contributed by atoms with Gasteiger partial charge in [-0.3, -0.25) is 13.6 Å². The third kappa shape index (κ3) is 5.74. The van der Waals surface area contributed by atoms with Crippen LogP contribution in [0.3, 0.4) is 0 Å². The van der Waals surface area contributed by atoms with E-state index in [1.54, 1.807) is 6.92 Å². The van der Waals surface area contributed by atoms with Gasteiger partial charge in [-0.1, -0.05) is 45.4 Å². The molecule has 0 aromatic carbocycles. The summed E-state index contributed by atoms with van der Waals surface area (Å²) in [5.41, 5.74) is 6.22. The second-order valence-electron chi connectivity index (χ2n) is 7.86. The van der Waals surface area contributed by atoms with Crippen LogP contribution in [0, 0.1) is 17.4 Å². The topological polar surface area (TPSA) is 17.3 Å². The van der Waals surface area contributed by atoms with Crippen molar-refractivity contribution >= 4 is 63.9 Å². The molecule has 0 bridgehead atoms. The maximum atomic E-state index is 14.0. The summed E-state index contributed by atoms with van der Waals surface area (Å²) in [6.45, 7) is 10.0. The molecule has 0 saturated heterocycles. The summed E-state index contributed by atoms with van der Waals surface area (Å²) in [7, 11) is -2.55. The summed E-state index contributed by atoms with van der Waals surface area (Å²) in [6.07, 6.45) is 9.23. The lowest BCUT2D eigenvalue weighted by atomic mass is 9.95. The summed E-state index contributed by atoms with van der Waals surface area (Å²) < 4.78 is 31.3. The molecule has 0 amide bonds. The van der Waals surface area contributed by atoms with Gasteiger partial charge in [0.1, 0.15) is 0 Å². The monoisotopic (exact) mass is 626 g/mol. The highest BCUT2D eigenvalue weighted by Crippen LogP contribution is 2.40. The Morgan fingerprint density at radius 3 is 2.07 bits per heavy atom. The molecule has 7 heteroatoms. The number of unbranched alkanes of at least 4 members (excludes halogenated alkanes) is 6. The number of hydrogen-bond acceptors (Lipinski definition) is 1. The summed E-state index contributed by atoms with van der Waals surface area (Å²) in [6, 6.07) is 0. The van der Waals surface area contributed by atoms with Gasteiger partial charge in [-0.15, -0.1) is 0 Å². The molecule has 0 spiro atoms. The van der Waals surface area contributed by atoms with E-state index in [4.69, 9.17) is 4.99 Å². The van der Waals surface area contributed by atoms with Gasteiger partial charge in [-0.2, -0.15) is 0 Å². The largest absolute Gasteiger partial charge is 0.677 e. The van der Waals surface area contributed by atoms with E-state index in [2.05, 4.69) is 59.0 Å². The SMILES string of the molecule is CCCCCCCCC/C(=C1/N=C(C)C(I)=C1C)c1c(C)c(I)c(C)n1B(F)F. The van der Waals surface area contributed by atoms with Gasteiger partial charge in [0.15, 0.2) is 0 Å². The zero-order valence-electron chi connectivity index (χ0n) is 18.1. The van der Waals surface area contributed by atoms with E-state index >= 15 is 0 Å². The predicted octanol–water partition coefficient (Wildman–Crippen LogP) is 8.52. The molecule has 0 fully saturated rings. The third-order valence-corrected chi connectivity index (χ3v) is 8.86. The molecule has 1 aromatic rings. The van der Waals surface area contributed by atoms with Crippen molar-refractivity contribution in [3.8, 4) is 0 Å². The number of aliphatic imine (C=N–C) groups is 1. The van der Waals surface area contributed by atoms with Gasteiger partial charge in [0.05, 0.1) is 11.4 Å². The minimum atomic E-state index is -2.55. The number of nitrogens with zero attached hydrogens (tertiary/aromatic N) is 2. The quantitative estimate of drug-likeness (QED) is 0.141. The molecule has 2 rings (SSSR count). The Kier molecular flexibility index (Phi) is 9.89. The average molecular weight is 626 g/mol. The van der Waals surface area contributed by atoms with E-state index < -0.39 is 7.40 Å². The van der Waals surface area contributed by atoms with Crippen molar-refractivity contribution in [2.45, 2.75) is 86.0 Å². The highest BCUT2D eigenvalue weighted by atomic mass is 127. The minimum absolute atomic E-state index is 0.640. The van der Waals surface area contributed by atoms with Crippen molar-refractivity contribution in [1.29, 1.82) is 0 Å². The average Bonchev–Trinajstić information content (AvgIpc) is 3.06. The van der Waals surface area contributed by atoms with Crippen LogP contribution in [0.4, 0.5) is 8.63 Å². The first-order chi connectivity index (χ1) is 13.7. The molecule has 29 heavy (non-hydrogen) atoms. The van der Waals surface area contributed by atoms with Crippen molar-refractivity contribution in [2.24, 2.45) is 4.99 Å². The minimum Gasteiger partial charge on any atom is -0.328 e. The van der Waals surface area contributed by atoms with E-state index in [0.717, 1.165) is 54.5 Å². The van der Waals surface area contributed by atoms with Gasteiger partial charge in [0.25, 0.3) is 0 Å². The smallest absolute Gasteiger partial charge is 0.328 e. The van der Waals surface area contributed by atoms with Crippen LogP contribution in [0.5, 0.6) is 0 Å². The Morgan fingerprint density at radius 2 is 1.55 bits per heavy atom. The first-order valence-corrected chi connectivity index (χ1v) is 12.7. The van der Waals surface area contributed by atoms with Crippen molar-refractivity contribution < 1.29 is 8.63 Å². The molecule has 0 aliphatic carbocycles. The van der Waals surface area contributed by atoms with Gasteiger partial charge in [0, 0.05) is 24.1 Å². The van der Waals surface area contributed by atoms with Crippen LogP contribution in [0.25, 0.3) is 5.57 Å². The van der Waals surface area contributed by atoms with Gasteiger partial charge >= 0.3 is 7.40 Å². The zero-order chi connectivity index (χ0) is 21.7. The van der Waals surface area contributed by atoms with Gasteiger partial charge in [-0.05, 0) is 96.9 Å². The molecule has 2 heterocycles. The first-order valence-electron chi connectivity index (χ1n) is 10.5. The number of allylic oxidation sites excluding steroid dienone is 3. The van der Waals surface area contributed by atoms with Crippen LogP contribution in [-0.4, -0.2) is 17.6 Å². The van der Waals surface area contributed by atoms with Crippen molar-refractivity contribution in [2.75, 3.05) is 0 Å². The van der Waals surface area contributed by atoms with Crippen LogP contribution in [0.15, 0.2) is 19.8 Å². The number of halogens is 4. The van der Waals surface area contributed by atoms with Crippen LogP contribution in [0.1, 0.15) is 89.1 Å². The Morgan fingerprint density at radius 1 is 0.966 bits per heavy atom. The van der Waals surface area contributed by atoms with E-state index in [1.165, 1.54) is 36.6 Å². The third-order valence-electron chi connectivity index (χ3n) is 5.68. The normalized spacial score (nSPS) is 16.0. The molecule has 0 radical (unpaired) electrons. The summed E-state index contributed by atoms with van der Waals surface area (Å²) in [4.78, 5) is 4.80. The molecule has 0 saturated carbocycles. The second kappa shape index (κ2) is 11.4. The standard InChI is InChI=1S/C22H31BF2I2N2/c1-6-7-8-9-10-11-12-13-18(21-14(2)19(26)16(4)28-21)22-15(3)20(27)17(5)29(22)23(24)25/h6-13H2,1-5H3/b21-18-. The molecule has 160 valence electrons. The first kappa shape index (κ1) is 25.1. The van der Waals surface area contributed by atoms with Crippen LogP contribution in [0.2, 0.25) is 0 Å². The Hall–Kier alpha value is -0.185. The Labute approximate surface area is 202 Å². The molecule has 1 aromatic heterocycles. The van der Waals surface area contributed by atoms with Crippen LogP contribution >= 0.6 is 45.2 Å². The molecule has 0 atom stereocenters. The van der Waals surface area contributed by atoms with Crippen LogP contribution < -0.4 is 0 Å². The van der Waals surface area contributed by atoms with Crippen molar-refractivity contribution in [1.82, 2.24) is 4.48 Å². The highest BCUT2D eigenvalue weighted by molar-refractivity contribution is 14.1. The fraction of sp³-hybridized carbons (Fsp3) is 0.591. The highest BCUT2D eigenvalue weighted by Gasteiger charge is 2.31. The number of rotatable bonds is 10. The van der Waals surface area contributed by atoms with Crippen molar-refractivity contribution in [3.05, 3.63) is 35.4 Å². The molecule has 0 unspecified atom stereocenters. The van der Waals surface area contributed by atoms with E-state index in [9.17, 15) is 8.63 Å². The Bertz CT molecular complexity index is 838. The fourth-order valence-corrected chi connectivity index (χ4v) is 4.91. The number of hydrogen-bond donors (Lipinski definition) is 0. The lowest BCUT2D eigenvalue weighted by Crippen LogP contribution is -2.18. The van der Waals surface area contributed by atoms with Crippen molar-refractivity contribution in [3.63, 3.8) is 0 Å². The lowest BCUT2D eigenvalue weighted by Gasteiger charge is -2.16. The van der Waals surface area contributed by atoms with Gasteiger partial charge < -0.3 is 4.48 Å². The lowest BCUT2D eigenvalue weighted by molar-refractivity contribution is 0.592. The second-order valence-corrected chi connectivity index (χ2v) is 10.0. The summed E-state index contributed by atoms with van der Waals surface area (Å²) in [5, 5.41) is 0. The molecular formula is C22H31BF2I2N2. The molecular weight excluding hydrogens is 595 g/mol. The summed E-state index contributed by atoms with van der Waals surface area (Å²) >= 11 is 4.51. The maximum absolute atomic E-state index is 14.0. The fourth-order valence-electron chi connectivity index (χ4n) is 4.02. The molecule has 1 aliphatic heterocycles.